The molecule has 1 aromatic heterocycles. The predicted molar refractivity (Wildman–Crippen MR) is 123 cm³/mol. The molecule has 1 saturated heterocycles. The number of rotatable bonds is 8. The van der Waals surface area contributed by atoms with Crippen molar-refractivity contribution in [2.75, 3.05) is 6.54 Å². The van der Waals surface area contributed by atoms with Gasteiger partial charge in [0.15, 0.2) is 0 Å². The molecule has 4 rings (SSSR count). The maximum atomic E-state index is 11.3. The normalized spacial score (nSPS) is 23.2. The van der Waals surface area contributed by atoms with Gasteiger partial charge in [-0.25, -0.2) is 15.2 Å². The number of pyridine rings is 1. The number of hydrogen-bond donors (Lipinski definition) is 3. The van der Waals surface area contributed by atoms with E-state index in [-0.39, 0.29) is 17.8 Å². The van der Waals surface area contributed by atoms with E-state index in [2.05, 4.69) is 59.6 Å². The minimum Gasteiger partial charge on any atom is -0.477 e. The summed E-state index contributed by atoms with van der Waals surface area (Å²) in [4.78, 5) is 17.5. The molecule has 3 atom stereocenters. The number of aromatic carboxylic acids is 1. The molecular weight excluding hydrogens is 404 g/mol. The zero-order valence-electron chi connectivity index (χ0n) is 18.7. The Morgan fingerprint density at radius 3 is 2.69 bits per heavy atom. The number of aromatic nitrogens is 1. The molecule has 7 nitrogen and oxygen atoms in total. The van der Waals surface area contributed by atoms with Crippen LogP contribution in [-0.4, -0.2) is 49.9 Å². The Morgan fingerprint density at radius 1 is 1.19 bits per heavy atom. The zero-order valence-corrected chi connectivity index (χ0v) is 18.7. The van der Waals surface area contributed by atoms with Gasteiger partial charge in [-0.2, -0.15) is 0 Å². The topological polar surface area (TPSA) is 88.9 Å². The number of nitrogens with zero attached hydrogens (tertiary/aromatic N) is 3. The largest absolute Gasteiger partial charge is 0.477 e. The molecule has 3 unspecified atom stereocenters. The average Bonchev–Trinajstić information content (AvgIpc) is 3.23. The molecule has 32 heavy (non-hydrogen) atoms. The Balaban J connectivity index is 1.57. The molecule has 2 aliphatic heterocycles. The Kier molecular flexibility index (Phi) is 6.89. The van der Waals surface area contributed by atoms with Crippen LogP contribution in [0.25, 0.3) is 0 Å². The molecule has 0 amide bonds. The van der Waals surface area contributed by atoms with Gasteiger partial charge in [0, 0.05) is 13.1 Å². The van der Waals surface area contributed by atoms with Gasteiger partial charge in [-0.05, 0) is 37.1 Å². The smallest absolute Gasteiger partial charge is 0.354 e. The maximum Gasteiger partial charge on any atom is 0.354 e. The zero-order chi connectivity index (χ0) is 22.7. The maximum absolute atomic E-state index is 11.3. The molecule has 0 radical (unpaired) electrons. The Bertz CT molecular complexity index is 975. The summed E-state index contributed by atoms with van der Waals surface area (Å²) >= 11 is 0. The number of piperazine rings is 1. The molecular formula is C25H32N4O3. The van der Waals surface area contributed by atoms with Crippen LogP contribution < -0.4 is 5.43 Å². The number of aliphatic hydroxyl groups is 1. The van der Waals surface area contributed by atoms with Crippen LogP contribution >= 0.6 is 0 Å². The van der Waals surface area contributed by atoms with E-state index in [4.69, 9.17) is 0 Å². The van der Waals surface area contributed by atoms with Crippen molar-refractivity contribution in [3.8, 4) is 0 Å². The number of fused-ring (bicyclic) bond motifs is 1. The number of hydrazine groups is 1. The number of carbonyl (C=O) groups is 1. The SMILES string of the molecule is CCCCCC1CN(Cc2cccc(C(=O)O)n2)C(O)C2=CC(c3ccc(C)cc3)NN21. The highest BCUT2D eigenvalue weighted by Gasteiger charge is 2.40. The minimum atomic E-state index is -1.04. The molecule has 0 spiro atoms. The van der Waals surface area contributed by atoms with E-state index in [0.717, 1.165) is 25.0 Å². The van der Waals surface area contributed by atoms with Gasteiger partial charge in [-0.15, -0.1) is 0 Å². The highest BCUT2D eigenvalue weighted by atomic mass is 16.4. The number of aliphatic hydroxyl groups excluding tert-OH is 1. The second-order valence-corrected chi connectivity index (χ2v) is 8.75. The minimum absolute atomic E-state index is 0.0161. The van der Waals surface area contributed by atoms with Gasteiger partial charge in [0.1, 0.15) is 11.9 Å². The van der Waals surface area contributed by atoms with Gasteiger partial charge >= 0.3 is 5.97 Å². The van der Waals surface area contributed by atoms with E-state index in [1.807, 2.05) is 11.0 Å². The molecule has 0 saturated carbocycles. The van der Waals surface area contributed by atoms with Crippen molar-refractivity contribution in [2.45, 2.75) is 64.4 Å². The summed E-state index contributed by atoms with van der Waals surface area (Å²) < 4.78 is 0. The first kappa shape index (κ1) is 22.5. The predicted octanol–water partition coefficient (Wildman–Crippen LogP) is 3.62. The van der Waals surface area contributed by atoms with Gasteiger partial charge in [0.05, 0.1) is 23.5 Å². The molecule has 3 N–H and O–H groups in total. The van der Waals surface area contributed by atoms with E-state index < -0.39 is 12.2 Å². The second-order valence-electron chi connectivity index (χ2n) is 8.75. The van der Waals surface area contributed by atoms with Crippen LogP contribution in [0.4, 0.5) is 0 Å². The summed E-state index contributed by atoms with van der Waals surface area (Å²) in [5.41, 5.74) is 7.52. The Morgan fingerprint density at radius 2 is 1.97 bits per heavy atom. The van der Waals surface area contributed by atoms with Gasteiger partial charge in [0.25, 0.3) is 0 Å². The Hall–Kier alpha value is -2.74. The second kappa shape index (κ2) is 9.81. The summed E-state index contributed by atoms with van der Waals surface area (Å²) in [6.07, 6.45) is 5.80. The molecule has 3 heterocycles. The first-order valence-electron chi connectivity index (χ1n) is 11.4. The molecule has 7 heteroatoms. The van der Waals surface area contributed by atoms with Crippen LogP contribution in [0.3, 0.4) is 0 Å². The molecule has 1 fully saturated rings. The molecule has 2 aromatic rings. The van der Waals surface area contributed by atoms with Crippen LogP contribution in [0, 0.1) is 6.92 Å². The standard InChI is InChI=1S/C25H32N4O3/c1-3-4-5-8-20-16-28(15-19-7-6-9-21(26-19)25(31)32)24(30)23-14-22(27-29(20)23)18-12-10-17(2)11-13-18/h6-7,9-14,20,22,24,27,30H,3-5,8,15-16H2,1-2H3,(H,31,32). The number of benzene rings is 1. The third-order valence-electron chi connectivity index (χ3n) is 6.28. The van der Waals surface area contributed by atoms with Gasteiger partial charge in [-0.3, -0.25) is 4.90 Å². The van der Waals surface area contributed by atoms with Gasteiger partial charge < -0.3 is 15.2 Å². The lowest BCUT2D eigenvalue weighted by Crippen LogP contribution is -2.58. The molecule has 0 bridgehead atoms. The van der Waals surface area contributed by atoms with E-state index >= 15 is 0 Å². The quantitative estimate of drug-likeness (QED) is 0.545. The lowest BCUT2D eigenvalue weighted by atomic mass is 10.0. The highest BCUT2D eigenvalue weighted by Crippen LogP contribution is 2.34. The highest BCUT2D eigenvalue weighted by molar-refractivity contribution is 5.85. The van der Waals surface area contributed by atoms with Crippen molar-refractivity contribution in [3.05, 3.63) is 76.8 Å². The van der Waals surface area contributed by atoms with E-state index in [1.165, 1.54) is 23.6 Å². The van der Waals surface area contributed by atoms with E-state index in [1.54, 1.807) is 6.07 Å². The number of hydrogen-bond acceptors (Lipinski definition) is 6. The van der Waals surface area contributed by atoms with Crippen molar-refractivity contribution < 1.29 is 15.0 Å². The van der Waals surface area contributed by atoms with Crippen LogP contribution in [0.1, 0.15) is 66.0 Å². The number of carboxylic acids is 1. The summed E-state index contributed by atoms with van der Waals surface area (Å²) in [5.74, 6) is -1.04. The first-order valence-corrected chi connectivity index (χ1v) is 11.4. The average molecular weight is 437 g/mol. The third kappa shape index (κ3) is 4.85. The van der Waals surface area contributed by atoms with Crippen molar-refractivity contribution in [2.24, 2.45) is 0 Å². The number of nitrogens with one attached hydrogen (secondary N) is 1. The van der Waals surface area contributed by atoms with Crippen LogP contribution in [-0.2, 0) is 6.54 Å². The summed E-state index contributed by atoms with van der Waals surface area (Å²) in [6.45, 7) is 5.35. The van der Waals surface area contributed by atoms with Crippen molar-refractivity contribution in [1.29, 1.82) is 0 Å². The van der Waals surface area contributed by atoms with Crippen LogP contribution in [0.15, 0.2) is 54.2 Å². The number of carboxylic acid groups (broad SMARTS) is 1. The summed E-state index contributed by atoms with van der Waals surface area (Å²) in [6, 6.07) is 13.7. The fourth-order valence-electron chi connectivity index (χ4n) is 4.52. The molecule has 2 aliphatic rings. The number of aryl methyl sites for hydroxylation is 1. The van der Waals surface area contributed by atoms with Crippen molar-refractivity contribution in [3.63, 3.8) is 0 Å². The van der Waals surface area contributed by atoms with Gasteiger partial charge in [0.2, 0.25) is 0 Å². The molecule has 170 valence electrons. The van der Waals surface area contributed by atoms with Crippen molar-refractivity contribution >= 4 is 5.97 Å². The lowest BCUT2D eigenvalue weighted by Gasteiger charge is -2.45. The third-order valence-corrected chi connectivity index (χ3v) is 6.28. The summed E-state index contributed by atoms with van der Waals surface area (Å²) in [7, 11) is 0. The molecule has 1 aromatic carbocycles. The Labute approximate surface area is 189 Å². The number of unbranched alkanes of at least 4 members (excludes halogenated alkanes) is 2. The van der Waals surface area contributed by atoms with E-state index in [9.17, 15) is 15.0 Å². The van der Waals surface area contributed by atoms with Gasteiger partial charge in [-0.1, -0.05) is 62.1 Å². The van der Waals surface area contributed by atoms with E-state index in [0.29, 0.717) is 18.8 Å². The van der Waals surface area contributed by atoms with Crippen LogP contribution in [0.5, 0.6) is 0 Å². The first-order chi connectivity index (χ1) is 15.5. The lowest BCUT2D eigenvalue weighted by molar-refractivity contribution is -0.0593. The summed E-state index contributed by atoms with van der Waals surface area (Å²) in [5, 5.41) is 22.6. The fourth-order valence-corrected chi connectivity index (χ4v) is 4.52. The fraction of sp³-hybridized carbons (Fsp3) is 0.440. The van der Waals surface area contributed by atoms with Crippen molar-refractivity contribution in [1.82, 2.24) is 20.3 Å². The monoisotopic (exact) mass is 436 g/mol. The van der Waals surface area contributed by atoms with Crippen LogP contribution in [0.2, 0.25) is 0 Å². The molecule has 0 aliphatic carbocycles.